The van der Waals surface area contributed by atoms with Crippen LogP contribution in [0.25, 0.3) is 0 Å². The number of nitrogens with two attached hydrogens (primary N) is 1. The summed E-state index contributed by atoms with van der Waals surface area (Å²) in [5.41, 5.74) is 9.87. The van der Waals surface area contributed by atoms with Gasteiger partial charge < -0.3 is 10.6 Å². The minimum atomic E-state index is 0.234. The zero-order chi connectivity index (χ0) is 12.8. The van der Waals surface area contributed by atoms with Gasteiger partial charge in [0.25, 0.3) is 0 Å². The van der Waals surface area contributed by atoms with Gasteiger partial charge in [0.1, 0.15) is 0 Å². The van der Waals surface area contributed by atoms with Crippen LogP contribution in [0.1, 0.15) is 37.8 Å². The Bertz CT molecular complexity index is 345. The molecule has 0 saturated carbocycles. The van der Waals surface area contributed by atoms with Crippen molar-refractivity contribution in [2.24, 2.45) is 5.73 Å². The topological polar surface area (TPSA) is 29.3 Å². The van der Waals surface area contributed by atoms with E-state index >= 15 is 0 Å². The average Bonchev–Trinajstić information content (AvgIpc) is 2.28. The summed E-state index contributed by atoms with van der Waals surface area (Å²) in [6, 6.07) is 6.93. The molecule has 1 aromatic carbocycles. The molecule has 17 heavy (non-hydrogen) atoms. The molecule has 0 heterocycles. The van der Waals surface area contributed by atoms with E-state index in [1.54, 1.807) is 0 Å². The first kappa shape index (κ1) is 14.0. The maximum Gasteiger partial charge on any atom is 0.0366 e. The Labute approximate surface area is 106 Å². The van der Waals surface area contributed by atoms with Crippen molar-refractivity contribution >= 4 is 5.69 Å². The van der Waals surface area contributed by atoms with E-state index in [1.807, 2.05) is 0 Å². The fourth-order valence-electron chi connectivity index (χ4n) is 2.02. The third kappa shape index (κ3) is 4.39. The summed E-state index contributed by atoms with van der Waals surface area (Å²) in [5.74, 6) is 0. The first-order chi connectivity index (χ1) is 8.04. The Balaban J connectivity index is 2.73. The van der Waals surface area contributed by atoms with Gasteiger partial charge in [-0.15, -0.1) is 0 Å². The van der Waals surface area contributed by atoms with Crippen LogP contribution in [0.5, 0.6) is 0 Å². The highest BCUT2D eigenvalue weighted by Crippen LogP contribution is 2.19. The van der Waals surface area contributed by atoms with Crippen molar-refractivity contribution in [2.45, 2.75) is 46.1 Å². The predicted octanol–water partition coefficient (Wildman–Crippen LogP) is 3.12. The summed E-state index contributed by atoms with van der Waals surface area (Å²) in [6.45, 7) is 7.59. The molecule has 2 heteroatoms. The summed E-state index contributed by atoms with van der Waals surface area (Å²) in [6.07, 6.45) is 3.45. The highest BCUT2D eigenvalue weighted by Gasteiger charge is 2.05. The van der Waals surface area contributed by atoms with Crippen LogP contribution in [-0.4, -0.2) is 19.6 Å². The standard InChI is InChI=1S/C15H26N2/c1-5-6-9-17(4)15-8-7-14(11-13(3)16)12(2)10-15/h7-8,10,13H,5-6,9,11,16H2,1-4H3. The lowest BCUT2D eigenvalue weighted by molar-refractivity contribution is 0.734. The van der Waals surface area contributed by atoms with Crippen LogP contribution < -0.4 is 10.6 Å². The van der Waals surface area contributed by atoms with E-state index in [2.05, 4.69) is 50.9 Å². The molecule has 1 atom stereocenters. The average molecular weight is 234 g/mol. The number of rotatable bonds is 6. The summed E-state index contributed by atoms with van der Waals surface area (Å²) in [4.78, 5) is 2.33. The molecule has 0 aromatic heterocycles. The molecule has 96 valence electrons. The zero-order valence-electron chi connectivity index (χ0n) is 11.7. The summed E-state index contributed by atoms with van der Waals surface area (Å²) < 4.78 is 0. The summed E-state index contributed by atoms with van der Waals surface area (Å²) in [5, 5.41) is 0. The molecule has 0 aliphatic carbocycles. The number of hydrogen-bond donors (Lipinski definition) is 1. The second kappa shape index (κ2) is 6.65. The largest absolute Gasteiger partial charge is 0.375 e. The third-order valence-electron chi connectivity index (χ3n) is 3.16. The van der Waals surface area contributed by atoms with Gasteiger partial charge in [0.2, 0.25) is 0 Å². The van der Waals surface area contributed by atoms with E-state index in [0.717, 1.165) is 13.0 Å². The van der Waals surface area contributed by atoms with Crippen molar-refractivity contribution < 1.29 is 0 Å². The van der Waals surface area contributed by atoms with Crippen molar-refractivity contribution in [3.63, 3.8) is 0 Å². The van der Waals surface area contributed by atoms with Gasteiger partial charge in [-0.1, -0.05) is 19.4 Å². The molecule has 0 amide bonds. The van der Waals surface area contributed by atoms with Crippen LogP contribution in [0.15, 0.2) is 18.2 Å². The monoisotopic (exact) mass is 234 g/mol. The Morgan fingerprint density at radius 1 is 1.35 bits per heavy atom. The molecule has 0 aliphatic rings. The molecule has 1 unspecified atom stereocenters. The van der Waals surface area contributed by atoms with Crippen LogP contribution in [0.3, 0.4) is 0 Å². The lowest BCUT2D eigenvalue weighted by Crippen LogP contribution is -2.20. The Morgan fingerprint density at radius 3 is 2.59 bits per heavy atom. The van der Waals surface area contributed by atoms with Crippen molar-refractivity contribution in [1.82, 2.24) is 0 Å². The highest BCUT2D eigenvalue weighted by atomic mass is 15.1. The van der Waals surface area contributed by atoms with E-state index < -0.39 is 0 Å². The lowest BCUT2D eigenvalue weighted by Gasteiger charge is -2.20. The number of hydrogen-bond acceptors (Lipinski definition) is 2. The first-order valence-corrected chi connectivity index (χ1v) is 6.60. The second-order valence-electron chi connectivity index (χ2n) is 5.07. The van der Waals surface area contributed by atoms with Gasteiger partial charge in [-0.3, -0.25) is 0 Å². The molecule has 0 radical (unpaired) electrons. The molecular weight excluding hydrogens is 208 g/mol. The van der Waals surface area contributed by atoms with Gasteiger partial charge in [0.05, 0.1) is 0 Å². The lowest BCUT2D eigenvalue weighted by atomic mass is 10.0. The molecule has 1 rings (SSSR count). The SMILES string of the molecule is CCCCN(C)c1ccc(CC(C)N)c(C)c1. The number of aryl methyl sites for hydroxylation is 1. The maximum atomic E-state index is 5.85. The van der Waals surface area contributed by atoms with Crippen LogP contribution in [0, 0.1) is 6.92 Å². The molecule has 0 fully saturated rings. The zero-order valence-corrected chi connectivity index (χ0v) is 11.7. The van der Waals surface area contributed by atoms with Crippen LogP contribution in [0.4, 0.5) is 5.69 Å². The fourth-order valence-corrected chi connectivity index (χ4v) is 2.02. The number of anilines is 1. The van der Waals surface area contributed by atoms with Gasteiger partial charge in [0, 0.05) is 25.3 Å². The summed E-state index contributed by atoms with van der Waals surface area (Å²) >= 11 is 0. The van der Waals surface area contributed by atoms with Gasteiger partial charge in [-0.05, 0) is 49.9 Å². The molecule has 2 N–H and O–H groups in total. The van der Waals surface area contributed by atoms with Crippen molar-refractivity contribution in [3.8, 4) is 0 Å². The molecule has 2 nitrogen and oxygen atoms in total. The Hall–Kier alpha value is -1.02. The van der Waals surface area contributed by atoms with Crippen molar-refractivity contribution in [3.05, 3.63) is 29.3 Å². The fraction of sp³-hybridized carbons (Fsp3) is 0.600. The number of unbranched alkanes of at least 4 members (excludes halogenated alkanes) is 1. The molecule has 0 bridgehead atoms. The van der Waals surface area contributed by atoms with E-state index in [-0.39, 0.29) is 6.04 Å². The van der Waals surface area contributed by atoms with Gasteiger partial charge in [0.15, 0.2) is 0 Å². The van der Waals surface area contributed by atoms with E-state index in [0.29, 0.717) is 0 Å². The minimum Gasteiger partial charge on any atom is -0.375 e. The number of benzene rings is 1. The van der Waals surface area contributed by atoms with Gasteiger partial charge in [-0.25, -0.2) is 0 Å². The van der Waals surface area contributed by atoms with Crippen LogP contribution in [0.2, 0.25) is 0 Å². The Kier molecular flexibility index (Phi) is 5.49. The minimum absolute atomic E-state index is 0.234. The molecule has 1 aromatic rings. The quantitative estimate of drug-likeness (QED) is 0.819. The van der Waals surface area contributed by atoms with Crippen molar-refractivity contribution in [1.29, 1.82) is 0 Å². The van der Waals surface area contributed by atoms with Crippen LogP contribution in [-0.2, 0) is 6.42 Å². The molecule has 0 aliphatic heterocycles. The predicted molar refractivity (Wildman–Crippen MR) is 76.7 cm³/mol. The molecule has 0 spiro atoms. The third-order valence-corrected chi connectivity index (χ3v) is 3.16. The van der Waals surface area contributed by atoms with E-state index in [1.165, 1.54) is 29.7 Å². The Morgan fingerprint density at radius 2 is 2.06 bits per heavy atom. The van der Waals surface area contributed by atoms with E-state index in [4.69, 9.17) is 5.73 Å². The summed E-state index contributed by atoms with van der Waals surface area (Å²) in [7, 11) is 2.16. The highest BCUT2D eigenvalue weighted by molar-refractivity contribution is 5.50. The molecular formula is C15H26N2. The van der Waals surface area contributed by atoms with Crippen LogP contribution >= 0.6 is 0 Å². The molecule has 0 saturated heterocycles. The van der Waals surface area contributed by atoms with Gasteiger partial charge in [-0.2, -0.15) is 0 Å². The smallest absolute Gasteiger partial charge is 0.0366 e. The normalized spacial score (nSPS) is 12.5. The van der Waals surface area contributed by atoms with Gasteiger partial charge >= 0.3 is 0 Å². The second-order valence-corrected chi connectivity index (χ2v) is 5.07. The first-order valence-electron chi connectivity index (χ1n) is 6.60. The van der Waals surface area contributed by atoms with Crippen molar-refractivity contribution in [2.75, 3.05) is 18.5 Å². The maximum absolute atomic E-state index is 5.85. The number of nitrogens with zero attached hydrogens (tertiary/aromatic N) is 1. The van der Waals surface area contributed by atoms with E-state index in [9.17, 15) is 0 Å².